The van der Waals surface area contributed by atoms with Gasteiger partial charge < -0.3 is 9.88 Å². The van der Waals surface area contributed by atoms with Gasteiger partial charge in [0.1, 0.15) is 0 Å². The second-order valence-corrected chi connectivity index (χ2v) is 6.23. The summed E-state index contributed by atoms with van der Waals surface area (Å²) >= 11 is 0. The molecule has 2 N–H and O–H groups in total. The van der Waals surface area contributed by atoms with Crippen LogP contribution in [0.25, 0.3) is 0 Å². The van der Waals surface area contributed by atoms with E-state index in [0.29, 0.717) is 6.42 Å². The molecule has 3 rings (SSSR count). The van der Waals surface area contributed by atoms with Gasteiger partial charge in [0.15, 0.2) is 0 Å². The van der Waals surface area contributed by atoms with Gasteiger partial charge >= 0.3 is 0 Å². The molecule has 1 aromatic heterocycles. The van der Waals surface area contributed by atoms with Crippen LogP contribution < -0.4 is 10.3 Å². The first-order valence-corrected chi connectivity index (χ1v) is 8.71. The molecule has 2 aromatic rings. The Balaban J connectivity index is 1.38. The zero-order valence-electron chi connectivity index (χ0n) is 14.6. The first-order valence-electron chi connectivity index (χ1n) is 8.71. The van der Waals surface area contributed by atoms with E-state index in [0.717, 1.165) is 44.1 Å². The Hall–Kier alpha value is -2.60. The standard InChI is InChI=1S/C19H25N5O/c1-16(18-8-5-10-20-18)21-22-19(25)9-11-23-12-14-24(15-13-23)17-6-3-2-4-7-17/h2-8,10,20H,9,11-15H2,1H3,(H,22,25)/b21-16+. The molecule has 1 amide bonds. The van der Waals surface area contributed by atoms with Crippen LogP contribution in [0.5, 0.6) is 0 Å². The number of hydrazone groups is 1. The number of nitrogens with one attached hydrogen (secondary N) is 2. The number of hydrogen-bond acceptors (Lipinski definition) is 4. The Labute approximate surface area is 148 Å². The molecule has 0 aliphatic carbocycles. The molecule has 25 heavy (non-hydrogen) atoms. The number of hydrogen-bond donors (Lipinski definition) is 2. The smallest absolute Gasteiger partial charge is 0.241 e. The van der Waals surface area contributed by atoms with Crippen molar-refractivity contribution in [2.24, 2.45) is 5.10 Å². The predicted octanol–water partition coefficient (Wildman–Crippen LogP) is 2.07. The Kier molecular flexibility index (Phi) is 5.85. The number of carbonyl (C=O) groups is 1. The summed E-state index contributed by atoms with van der Waals surface area (Å²) in [5.41, 5.74) is 5.60. The summed E-state index contributed by atoms with van der Waals surface area (Å²) < 4.78 is 0. The molecule has 132 valence electrons. The normalized spacial score (nSPS) is 16.0. The Morgan fingerprint density at radius 3 is 2.56 bits per heavy atom. The largest absolute Gasteiger partial charge is 0.369 e. The van der Waals surface area contributed by atoms with Crippen molar-refractivity contribution in [3.05, 3.63) is 54.4 Å². The van der Waals surface area contributed by atoms with Crippen LogP contribution in [0.15, 0.2) is 53.8 Å². The summed E-state index contributed by atoms with van der Waals surface area (Å²) in [7, 11) is 0. The Morgan fingerprint density at radius 1 is 1.12 bits per heavy atom. The van der Waals surface area contributed by atoms with Crippen molar-refractivity contribution in [2.75, 3.05) is 37.6 Å². The molecule has 0 atom stereocenters. The lowest BCUT2D eigenvalue weighted by Gasteiger charge is -2.36. The van der Waals surface area contributed by atoms with Crippen molar-refractivity contribution < 1.29 is 4.79 Å². The van der Waals surface area contributed by atoms with Gasteiger partial charge in [-0.15, -0.1) is 0 Å². The number of benzene rings is 1. The van der Waals surface area contributed by atoms with E-state index >= 15 is 0 Å². The maximum absolute atomic E-state index is 12.0. The van der Waals surface area contributed by atoms with Crippen molar-refractivity contribution in [1.82, 2.24) is 15.3 Å². The van der Waals surface area contributed by atoms with E-state index in [2.05, 4.69) is 49.6 Å². The van der Waals surface area contributed by atoms with Crippen LogP contribution >= 0.6 is 0 Å². The number of anilines is 1. The molecule has 0 bridgehead atoms. The molecule has 2 heterocycles. The highest BCUT2D eigenvalue weighted by Crippen LogP contribution is 2.15. The average molecular weight is 339 g/mol. The van der Waals surface area contributed by atoms with Gasteiger partial charge in [-0.25, -0.2) is 5.43 Å². The molecular weight excluding hydrogens is 314 g/mol. The first-order chi connectivity index (χ1) is 12.2. The molecular formula is C19H25N5O. The maximum atomic E-state index is 12.0. The predicted molar refractivity (Wildman–Crippen MR) is 101 cm³/mol. The van der Waals surface area contributed by atoms with Crippen LogP contribution in [0.3, 0.4) is 0 Å². The summed E-state index contributed by atoms with van der Waals surface area (Å²) in [4.78, 5) is 19.8. The minimum atomic E-state index is -0.0450. The van der Waals surface area contributed by atoms with E-state index in [1.807, 2.05) is 31.3 Å². The number of piperazine rings is 1. The number of para-hydroxylation sites is 1. The molecule has 1 aliphatic heterocycles. The monoisotopic (exact) mass is 339 g/mol. The van der Waals surface area contributed by atoms with Gasteiger partial charge in [-0.3, -0.25) is 9.69 Å². The van der Waals surface area contributed by atoms with Crippen LogP contribution in [0.4, 0.5) is 5.69 Å². The molecule has 6 nitrogen and oxygen atoms in total. The number of amides is 1. The number of aromatic nitrogens is 1. The van der Waals surface area contributed by atoms with Gasteiger partial charge in [0.25, 0.3) is 0 Å². The Bertz CT molecular complexity index is 688. The highest BCUT2D eigenvalue weighted by Gasteiger charge is 2.17. The number of rotatable bonds is 6. The lowest BCUT2D eigenvalue weighted by molar-refractivity contribution is -0.121. The Morgan fingerprint density at radius 2 is 1.88 bits per heavy atom. The summed E-state index contributed by atoms with van der Waals surface area (Å²) in [6.45, 7) is 6.59. The first kappa shape index (κ1) is 17.2. The molecule has 1 aliphatic rings. The van der Waals surface area contributed by atoms with Crippen LogP contribution in [0, 0.1) is 0 Å². The third kappa shape index (κ3) is 4.93. The van der Waals surface area contributed by atoms with Gasteiger partial charge in [-0.2, -0.15) is 5.10 Å². The third-order valence-corrected chi connectivity index (χ3v) is 4.48. The molecule has 1 aromatic carbocycles. The fourth-order valence-electron chi connectivity index (χ4n) is 2.95. The summed E-state index contributed by atoms with van der Waals surface area (Å²) in [6, 6.07) is 14.3. The van der Waals surface area contributed by atoms with Crippen LogP contribution in [0.2, 0.25) is 0 Å². The number of H-pyrrole nitrogens is 1. The molecule has 0 unspecified atom stereocenters. The summed E-state index contributed by atoms with van der Waals surface area (Å²) in [5.74, 6) is -0.0450. The highest BCUT2D eigenvalue weighted by atomic mass is 16.2. The van der Waals surface area contributed by atoms with Gasteiger partial charge in [0, 0.05) is 51.0 Å². The zero-order chi connectivity index (χ0) is 17.5. The fraction of sp³-hybridized carbons (Fsp3) is 0.368. The average Bonchev–Trinajstić information content (AvgIpc) is 3.20. The molecule has 0 spiro atoms. The van der Waals surface area contributed by atoms with Gasteiger partial charge in [-0.05, 0) is 31.2 Å². The van der Waals surface area contributed by atoms with Crippen LogP contribution in [-0.2, 0) is 4.79 Å². The number of carbonyl (C=O) groups excluding carboxylic acids is 1. The van der Waals surface area contributed by atoms with E-state index in [1.165, 1.54) is 5.69 Å². The van der Waals surface area contributed by atoms with E-state index in [1.54, 1.807) is 0 Å². The van der Waals surface area contributed by atoms with E-state index in [4.69, 9.17) is 0 Å². The minimum absolute atomic E-state index is 0.0450. The second-order valence-electron chi connectivity index (χ2n) is 6.23. The van der Waals surface area contributed by atoms with Gasteiger partial charge in [-0.1, -0.05) is 18.2 Å². The SMILES string of the molecule is C/C(=N\NC(=O)CCN1CCN(c2ccccc2)CC1)c1ccc[nH]1. The maximum Gasteiger partial charge on any atom is 0.241 e. The van der Waals surface area contributed by atoms with E-state index in [9.17, 15) is 4.79 Å². The van der Waals surface area contributed by atoms with Crippen molar-refractivity contribution >= 4 is 17.3 Å². The van der Waals surface area contributed by atoms with Crippen LogP contribution in [0.1, 0.15) is 19.0 Å². The number of nitrogens with zero attached hydrogens (tertiary/aromatic N) is 3. The molecule has 0 radical (unpaired) electrons. The lowest BCUT2D eigenvalue weighted by Crippen LogP contribution is -2.47. The van der Waals surface area contributed by atoms with Crippen molar-refractivity contribution in [3.63, 3.8) is 0 Å². The molecule has 6 heteroatoms. The second kappa shape index (κ2) is 8.48. The van der Waals surface area contributed by atoms with Gasteiger partial charge in [0.05, 0.1) is 11.4 Å². The zero-order valence-corrected chi connectivity index (χ0v) is 14.6. The third-order valence-electron chi connectivity index (χ3n) is 4.48. The molecule has 1 fully saturated rings. The lowest BCUT2D eigenvalue weighted by atomic mass is 10.2. The van der Waals surface area contributed by atoms with E-state index < -0.39 is 0 Å². The minimum Gasteiger partial charge on any atom is -0.369 e. The van der Waals surface area contributed by atoms with E-state index in [-0.39, 0.29) is 5.91 Å². The molecule has 0 saturated carbocycles. The van der Waals surface area contributed by atoms with Crippen LogP contribution in [-0.4, -0.2) is 54.2 Å². The fourth-order valence-corrected chi connectivity index (χ4v) is 2.95. The number of aromatic amines is 1. The quantitative estimate of drug-likeness (QED) is 0.625. The highest BCUT2D eigenvalue weighted by molar-refractivity contribution is 5.97. The van der Waals surface area contributed by atoms with Gasteiger partial charge in [0.2, 0.25) is 5.91 Å². The molecule has 1 saturated heterocycles. The van der Waals surface area contributed by atoms with Crippen molar-refractivity contribution in [2.45, 2.75) is 13.3 Å². The summed E-state index contributed by atoms with van der Waals surface area (Å²) in [6.07, 6.45) is 2.30. The van der Waals surface area contributed by atoms with Crippen molar-refractivity contribution in [1.29, 1.82) is 0 Å². The topological polar surface area (TPSA) is 63.7 Å². The summed E-state index contributed by atoms with van der Waals surface area (Å²) in [5, 5.41) is 4.14. The van der Waals surface area contributed by atoms with Crippen molar-refractivity contribution in [3.8, 4) is 0 Å².